The fourth-order valence-electron chi connectivity index (χ4n) is 2.24. The van der Waals surface area contributed by atoms with Crippen LogP contribution in [0.1, 0.15) is 30.3 Å². The molecule has 0 spiro atoms. The van der Waals surface area contributed by atoms with Gasteiger partial charge in [-0.05, 0) is 38.0 Å². The molecule has 0 aromatic carbocycles. The average Bonchev–Trinajstić information content (AvgIpc) is 3.08. The Morgan fingerprint density at radius 3 is 2.91 bits per heavy atom. The number of rotatable bonds is 5. The minimum atomic E-state index is -0.473. The van der Waals surface area contributed by atoms with E-state index in [-0.39, 0.29) is 5.57 Å². The van der Waals surface area contributed by atoms with Crippen LogP contribution in [0.2, 0.25) is 0 Å². The third kappa shape index (κ3) is 3.40. The number of carbonyl (C=O) groups excluding carboxylic acids is 1. The third-order valence-corrected chi connectivity index (χ3v) is 3.91. The summed E-state index contributed by atoms with van der Waals surface area (Å²) in [4.78, 5) is 12.1. The van der Waals surface area contributed by atoms with Crippen molar-refractivity contribution in [1.29, 1.82) is 5.26 Å². The van der Waals surface area contributed by atoms with Gasteiger partial charge >= 0.3 is 0 Å². The van der Waals surface area contributed by atoms with Crippen molar-refractivity contribution in [3.8, 4) is 6.07 Å². The number of aryl methyl sites for hydroxylation is 1. The smallest absolute Gasteiger partial charge is 0.268 e. The Morgan fingerprint density at radius 2 is 2.32 bits per heavy atom. The van der Waals surface area contributed by atoms with E-state index < -0.39 is 5.91 Å². The van der Waals surface area contributed by atoms with Gasteiger partial charge in [-0.15, -0.1) is 10.2 Å². The van der Waals surface area contributed by atoms with Crippen LogP contribution in [0.25, 0.3) is 6.08 Å². The minimum Gasteiger partial charge on any atom is -0.349 e. The number of amides is 1. The molecular formula is C15H17N5OS. The Balaban J connectivity index is 2.27. The van der Waals surface area contributed by atoms with Gasteiger partial charge in [0.1, 0.15) is 17.2 Å². The second kappa shape index (κ2) is 7.00. The maximum absolute atomic E-state index is 12.1. The van der Waals surface area contributed by atoms with Gasteiger partial charge in [-0.25, -0.2) is 0 Å². The lowest BCUT2D eigenvalue weighted by atomic mass is 10.1. The van der Waals surface area contributed by atoms with Crippen LogP contribution in [0.15, 0.2) is 17.2 Å². The van der Waals surface area contributed by atoms with Crippen molar-refractivity contribution < 1.29 is 4.79 Å². The van der Waals surface area contributed by atoms with E-state index in [1.165, 1.54) is 16.8 Å². The predicted octanol–water partition coefficient (Wildman–Crippen LogP) is 2.91. The van der Waals surface area contributed by atoms with E-state index in [1.54, 1.807) is 6.08 Å². The summed E-state index contributed by atoms with van der Waals surface area (Å²) in [6.45, 7) is 7.05. The summed E-state index contributed by atoms with van der Waals surface area (Å²) in [5.41, 5.74) is 4.62. The lowest BCUT2D eigenvalue weighted by molar-refractivity contribution is -0.112. The molecule has 0 unspecified atom stereocenters. The molecule has 7 heteroatoms. The van der Waals surface area contributed by atoms with Crippen molar-refractivity contribution in [1.82, 2.24) is 14.8 Å². The molecule has 1 amide bonds. The van der Waals surface area contributed by atoms with Crippen LogP contribution in [-0.2, 0) is 11.3 Å². The second-order valence-corrected chi connectivity index (χ2v) is 5.68. The molecule has 0 saturated heterocycles. The first-order valence-corrected chi connectivity index (χ1v) is 7.80. The molecule has 0 bridgehead atoms. The van der Waals surface area contributed by atoms with E-state index in [0.717, 1.165) is 29.9 Å². The van der Waals surface area contributed by atoms with E-state index in [1.807, 2.05) is 26.0 Å². The topological polar surface area (TPSA) is 83.6 Å². The molecule has 2 rings (SSSR count). The van der Waals surface area contributed by atoms with Crippen LogP contribution in [0.5, 0.6) is 0 Å². The molecule has 0 aliphatic carbocycles. The largest absolute Gasteiger partial charge is 0.349 e. The zero-order valence-corrected chi connectivity index (χ0v) is 13.6. The Bertz CT molecular complexity index is 737. The molecule has 2 aromatic rings. The molecule has 2 aromatic heterocycles. The standard InChI is InChI=1S/C15H17N5OS/c1-4-5-20-10(2)6-12(11(20)3)7-13(8-16)14(21)18-15-19-17-9-22-15/h6-7,9H,4-5H2,1-3H3,(H,18,19,21)/b13-7+. The van der Waals surface area contributed by atoms with Gasteiger partial charge in [-0.1, -0.05) is 18.3 Å². The molecule has 1 N–H and O–H groups in total. The molecule has 0 aliphatic rings. The fraction of sp³-hybridized carbons (Fsp3) is 0.333. The quantitative estimate of drug-likeness (QED) is 0.679. The number of nitrogens with one attached hydrogen (secondary N) is 1. The highest BCUT2D eigenvalue weighted by Gasteiger charge is 2.13. The van der Waals surface area contributed by atoms with Crippen LogP contribution in [0.3, 0.4) is 0 Å². The number of anilines is 1. The van der Waals surface area contributed by atoms with Crippen LogP contribution < -0.4 is 5.32 Å². The maximum Gasteiger partial charge on any atom is 0.268 e. The highest BCUT2D eigenvalue weighted by molar-refractivity contribution is 7.13. The SMILES string of the molecule is CCCn1c(C)cc(/C=C(\C#N)C(=O)Nc2nncs2)c1C. The molecule has 2 heterocycles. The molecule has 114 valence electrons. The van der Waals surface area contributed by atoms with Gasteiger partial charge in [0, 0.05) is 17.9 Å². The van der Waals surface area contributed by atoms with Crippen LogP contribution in [0.4, 0.5) is 5.13 Å². The Kier molecular flexibility index (Phi) is 5.07. The zero-order valence-electron chi connectivity index (χ0n) is 12.8. The first-order valence-electron chi connectivity index (χ1n) is 6.92. The molecule has 6 nitrogen and oxygen atoms in total. The Labute approximate surface area is 133 Å². The van der Waals surface area contributed by atoms with Crippen LogP contribution in [0, 0.1) is 25.2 Å². The van der Waals surface area contributed by atoms with E-state index in [0.29, 0.717) is 5.13 Å². The normalized spacial score (nSPS) is 11.3. The van der Waals surface area contributed by atoms with Gasteiger partial charge in [0.15, 0.2) is 0 Å². The highest BCUT2D eigenvalue weighted by Crippen LogP contribution is 2.19. The van der Waals surface area contributed by atoms with Gasteiger partial charge in [-0.2, -0.15) is 5.26 Å². The van der Waals surface area contributed by atoms with E-state index in [4.69, 9.17) is 0 Å². The van der Waals surface area contributed by atoms with Gasteiger partial charge in [-0.3, -0.25) is 10.1 Å². The lowest BCUT2D eigenvalue weighted by Gasteiger charge is -2.07. The second-order valence-electron chi connectivity index (χ2n) is 4.85. The van der Waals surface area contributed by atoms with Crippen LogP contribution >= 0.6 is 11.3 Å². The Hall–Kier alpha value is -2.46. The van der Waals surface area contributed by atoms with Gasteiger partial charge < -0.3 is 4.57 Å². The summed E-state index contributed by atoms with van der Waals surface area (Å²) in [6.07, 6.45) is 2.65. The summed E-state index contributed by atoms with van der Waals surface area (Å²) in [7, 11) is 0. The number of aromatic nitrogens is 3. The summed E-state index contributed by atoms with van der Waals surface area (Å²) in [6, 6.07) is 3.93. The summed E-state index contributed by atoms with van der Waals surface area (Å²) < 4.78 is 2.18. The molecule has 22 heavy (non-hydrogen) atoms. The first kappa shape index (κ1) is 15.9. The minimum absolute atomic E-state index is 0.0481. The number of hydrogen-bond acceptors (Lipinski definition) is 5. The predicted molar refractivity (Wildman–Crippen MR) is 86.3 cm³/mol. The molecular weight excluding hydrogens is 298 g/mol. The van der Waals surface area contributed by atoms with Crippen LogP contribution in [-0.4, -0.2) is 20.7 Å². The van der Waals surface area contributed by atoms with Crippen molar-refractivity contribution in [2.75, 3.05) is 5.32 Å². The maximum atomic E-state index is 12.1. The Morgan fingerprint density at radius 1 is 1.55 bits per heavy atom. The monoisotopic (exact) mass is 315 g/mol. The third-order valence-electron chi connectivity index (χ3n) is 3.31. The number of hydrogen-bond donors (Lipinski definition) is 1. The van der Waals surface area contributed by atoms with Crippen molar-refractivity contribution >= 4 is 28.5 Å². The number of nitriles is 1. The van der Waals surface area contributed by atoms with E-state index in [9.17, 15) is 10.1 Å². The van der Waals surface area contributed by atoms with Crippen molar-refractivity contribution in [3.05, 3.63) is 34.1 Å². The fourth-order valence-corrected chi connectivity index (χ4v) is 2.68. The average molecular weight is 315 g/mol. The number of carbonyl (C=O) groups is 1. The van der Waals surface area contributed by atoms with Gasteiger partial charge in [0.2, 0.25) is 5.13 Å². The molecule has 0 radical (unpaired) electrons. The van der Waals surface area contributed by atoms with Crippen molar-refractivity contribution in [2.45, 2.75) is 33.7 Å². The van der Waals surface area contributed by atoms with Crippen molar-refractivity contribution in [2.24, 2.45) is 0 Å². The first-order chi connectivity index (χ1) is 10.6. The van der Waals surface area contributed by atoms with E-state index >= 15 is 0 Å². The molecule has 0 aliphatic heterocycles. The van der Waals surface area contributed by atoms with Crippen molar-refractivity contribution in [3.63, 3.8) is 0 Å². The molecule has 0 atom stereocenters. The van der Waals surface area contributed by atoms with Gasteiger partial charge in [0.05, 0.1) is 0 Å². The molecule has 0 saturated carbocycles. The summed E-state index contributed by atoms with van der Waals surface area (Å²) in [5, 5.41) is 19.6. The lowest BCUT2D eigenvalue weighted by Crippen LogP contribution is -2.13. The summed E-state index contributed by atoms with van der Waals surface area (Å²) in [5.74, 6) is -0.473. The van der Waals surface area contributed by atoms with E-state index in [2.05, 4.69) is 27.0 Å². The zero-order chi connectivity index (χ0) is 16.1. The van der Waals surface area contributed by atoms with Gasteiger partial charge in [0.25, 0.3) is 5.91 Å². The number of nitrogens with zero attached hydrogens (tertiary/aromatic N) is 4. The highest BCUT2D eigenvalue weighted by atomic mass is 32.1. The molecule has 0 fully saturated rings. The summed E-state index contributed by atoms with van der Waals surface area (Å²) >= 11 is 1.21.